The topological polar surface area (TPSA) is 41.1 Å². The molecule has 3 rings (SSSR count). The molecule has 3 nitrogen and oxygen atoms in total. The molecule has 2 aromatic carbocycles. The summed E-state index contributed by atoms with van der Waals surface area (Å²) in [5, 5.41) is 6.02. The molecular weight excluding hydrogens is 298 g/mol. The summed E-state index contributed by atoms with van der Waals surface area (Å²) in [6, 6.07) is 10.4. The highest BCUT2D eigenvalue weighted by Crippen LogP contribution is 2.24. The van der Waals surface area contributed by atoms with E-state index >= 15 is 0 Å². The van der Waals surface area contributed by atoms with Gasteiger partial charge in [0.2, 0.25) is 5.91 Å². The minimum Gasteiger partial charge on any atom is -0.351 e. The highest BCUT2D eigenvalue weighted by atomic mass is 19.1. The van der Waals surface area contributed by atoms with E-state index in [4.69, 9.17) is 0 Å². The van der Waals surface area contributed by atoms with Gasteiger partial charge in [-0.25, -0.2) is 8.78 Å². The maximum absolute atomic E-state index is 13.9. The summed E-state index contributed by atoms with van der Waals surface area (Å²) in [6.45, 7) is 1.23. The molecular formula is C18H18F2N2O. The van der Waals surface area contributed by atoms with Gasteiger partial charge in [-0.3, -0.25) is 4.79 Å². The molecule has 0 unspecified atom stereocenters. The monoisotopic (exact) mass is 316 g/mol. The molecule has 2 aromatic rings. The average Bonchev–Trinajstić information content (AvgIpc) is 3.10. The number of hydrogen-bond acceptors (Lipinski definition) is 2. The van der Waals surface area contributed by atoms with Crippen molar-refractivity contribution in [3.05, 3.63) is 59.7 Å². The predicted octanol–water partition coefficient (Wildman–Crippen LogP) is 3.00. The van der Waals surface area contributed by atoms with Crippen molar-refractivity contribution >= 4 is 5.91 Å². The summed E-state index contributed by atoms with van der Waals surface area (Å²) in [7, 11) is 0. The molecule has 0 aliphatic carbocycles. The molecule has 1 aliphatic rings. The number of amides is 1. The third kappa shape index (κ3) is 3.74. The zero-order chi connectivity index (χ0) is 16.2. The molecule has 0 radical (unpaired) electrons. The van der Waals surface area contributed by atoms with Crippen LogP contribution < -0.4 is 10.6 Å². The van der Waals surface area contributed by atoms with E-state index in [-0.39, 0.29) is 17.5 Å². The van der Waals surface area contributed by atoms with Crippen molar-refractivity contribution < 1.29 is 13.6 Å². The van der Waals surface area contributed by atoms with Crippen LogP contribution in [-0.2, 0) is 11.3 Å². The number of nitrogens with one attached hydrogen (secondary N) is 2. The molecule has 1 saturated heterocycles. The fraction of sp³-hybridized carbons (Fsp3) is 0.278. The van der Waals surface area contributed by atoms with E-state index in [0.717, 1.165) is 37.1 Å². The highest BCUT2D eigenvalue weighted by molar-refractivity contribution is 5.82. The van der Waals surface area contributed by atoms with Crippen LogP contribution in [0.3, 0.4) is 0 Å². The Kier molecular flexibility index (Phi) is 4.67. The number of carbonyl (C=O) groups is 1. The Hall–Kier alpha value is -2.27. The van der Waals surface area contributed by atoms with Crippen molar-refractivity contribution in [3.63, 3.8) is 0 Å². The Morgan fingerprint density at radius 2 is 2.09 bits per heavy atom. The van der Waals surface area contributed by atoms with Gasteiger partial charge in [-0.2, -0.15) is 0 Å². The van der Waals surface area contributed by atoms with E-state index in [0.29, 0.717) is 12.1 Å². The molecule has 0 spiro atoms. The normalized spacial score (nSPS) is 17.2. The van der Waals surface area contributed by atoms with Gasteiger partial charge in [0.1, 0.15) is 11.6 Å². The maximum atomic E-state index is 13.9. The van der Waals surface area contributed by atoms with Crippen LogP contribution in [0.2, 0.25) is 0 Å². The number of halogens is 2. The van der Waals surface area contributed by atoms with E-state index in [9.17, 15) is 13.6 Å². The summed E-state index contributed by atoms with van der Waals surface area (Å²) >= 11 is 0. The van der Waals surface area contributed by atoms with Gasteiger partial charge in [0.15, 0.2) is 0 Å². The van der Waals surface area contributed by atoms with Gasteiger partial charge in [-0.15, -0.1) is 0 Å². The zero-order valence-electron chi connectivity index (χ0n) is 12.6. The van der Waals surface area contributed by atoms with E-state index < -0.39 is 11.6 Å². The first-order valence-corrected chi connectivity index (χ1v) is 7.69. The minimum atomic E-state index is -0.479. The van der Waals surface area contributed by atoms with Crippen molar-refractivity contribution in [3.8, 4) is 11.1 Å². The summed E-state index contributed by atoms with van der Waals surface area (Å²) < 4.78 is 27.2. The van der Waals surface area contributed by atoms with Crippen LogP contribution in [-0.4, -0.2) is 18.5 Å². The second-order valence-electron chi connectivity index (χ2n) is 5.69. The molecule has 0 saturated carbocycles. The van der Waals surface area contributed by atoms with E-state index in [1.807, 2.05) is 6.07 Å². The molecule has 2 N–H and O–H groups in total. The molecule has 0 aromatic heterocycles. The van der Waals surface area contributed by atoms with Crippen LogP contribution in [0.4, 0.5) is 8.78 Å². The summed E-state index contributed by atoms with van der Waals surface area (Å²) in [5.41, 5.74) is 1.65. The van der Waals surface area contributed by atoms with Crippen molar-refractivity contribution in [1.82, 2.24) is 10.6 Å². The largest absolute Gasteiger partial charge is 0.351 e. The number of rotatable bonds is 4. The first-order chi connectivity index (χ1) is 11.1. The van der Waals surface area contributed by atoms with Gasteiger partial charge < -0.3 is 10.6 Å². The fourth-order valence-electron chi connectivity index (χ4n) is 2.79. The van der Waals surface area contributed by atoms with E-state index in [1.165, 1.54) is 6.07 Å². The smallest absolute Gasteiger partial charge is 0.237 e. The second-order valence-corrected chi connectivity index (χ2v) is 5.69. The summed E-state index contributed by atoms with van der Waals surface area (Å²) in [5.74, 6) is -0.972. The third-order valence-electron chi connectivity index (χ3n) is 4.01. The van der Waals surface area contributed by atoms with Crippen LogP contribution in [0.25, 0.3) is 11.1 Å². The van der Waals surface area contributed by atoms with E-state index in [1.54, 1.807) is 18.2 Å². The van der Waals surface area contributed by atoms with Crippen molar-refractivity contribution in [2.45, 2.75) is 25.4 Å². The SMILES string of the molecule is O=C(NCc1cccc(-c2cc(F)ccc2F)c1)[C@@H]1CCCN1. The Morgan fingerprint density at radius 1 is 1.22 bits per heavy atom. The number of hydrogen-bond donors (Lipinski definition) is 2. The summed E-state index contributed by atoms with van der Waals surface area (Å²) in [6.07, 6.45) is 1.85. The van der Waals surface area contributed by atoms with Gasteiger partial charge in [-0.05, 0) is 54.8 Å². The van der Waals surface area contributed by atoms with Gasteiger partial charge in [0.25, 0.3) is 0 Å². The van der Waals surface area contributed by atoms with Gasteiger partial charge in [-0.1, -0.05) is 18.2 Å². The molecule has 120 valence electrons. The Morgan fingerprint density at radius 3 is 2.87 bits per heavy atom. The van der Waals surface area contributed by atoms with Gasteiger partial charge in [0.05, 0.1) is 6.04 Å². The first kappa shape index (κ1) is 15.6. The lowest BCUT2D eigenvalue weighted by Gasteiger charge is -2.12. The average molecular weight is 316 g/mol. The predicted molar refractivity (Wildman–Crippen MR) is 84.7 cm³/mol. The molecule has 5 heteroatoms. The molecule has 0 bridgehead atoms. The van der Waals surface area contributed by atoms with Crippen LogP contribution in [0.1, 0.15) is 18.4 Å². The lowest BCUT2D eigenvalue weighted by molar-refractivity contribution is -0.122. The first-order valence-electron chi connectivity index (χ1n) is 7.69. The maximum Gasteiger partial charge on any atom is 0.237 e. The lowest BCUT2D eigenvalue weighted by atomic mass is 10.0. The summed E-state index contributed by atoms with van der Waals surface area (Å²) in [4.78, 5) is 12.0. The second kappa shape index (κ2) is 6.87. The fourth-order valence-corrected chi connectivity index (χ4v) is 2.79. The highest BCUT2D eigenvalue weighted by Gasteiger charge is 2.21. The molecule has 1 atom stereocenters. The lowest BCUT2D eigenvalue weighted by Crippen LogP contribution is -2.39. The van der Waals surface area contributed by atoms with Crippen molar-refractivity contribution in [2.75, 3.05) is 6.54 Å². The van der Waals surface area contributed by atoms with Crippen LogP contribution >= 0.6 is 0 Å². The van der Waals surface area contributed by atoms with Crippen LogP contribution in [0.5, 0.6) is 0 Å². The number of benzene rings is 2. The van der Waals surface area contributed by atoms with Gasteiger partial charge in [0, 0.05) is 12.1 Å². The minimum absolute atomic E-state index is 0.0233. The standard InChI is InChI=1S/C18H18F2N2O/c19-14-6-7-16(20)15(10-14)13-4-1-3-12(9-13)11-22-18(23)17-5-2-8-21-17/h1,3-4,6-7,9-10,17,21H,2,5,8,11H2,(H,22,23)/t17-/m0/s1. The van der Waals surface area contributed by atoms with Crippen molar-refractivity contribution in [1.29, 1.82) is 0 Å². The van der Waals surface area contributed by atoms with Crippen LogP contribution in [0.15, 0.2) is 42.5 Å². The zero-order valence-corrected chi connectivity index (χ0v) is 12.6. The Balaban J connectivity index is 1.72. The van der Waals surface area contributed by atoms with Gasteiger partial charge >= 0.3 is 0 Å². The third-order valence-corrected chi connectivity index (χ3v) is 4.01. The quantitative estimate of drug-likeness (QED) is 0.910. The number of carbonyl (C=O) groups excluding carboxylic acids is 1. The van der Waals surface area contributed by atoms with Crippen LogP contribution in [0, 0.1) is 11.6 Å². The Labute approximate surface area is 133 Å². The molecule has 1 fully saturated rings. The molecule has 1 aliphatic heterocycles. The van der Waals surface area contributed by atoms with Crippen molar-refractivity contribution in [2.24, 2.45) is 0 Å². The molecule has 1 heterocycles. The van der Waals surface area contributed by atoms with E-state index in [2.05, 4.69) is 10.6 Å². The molecule has 1 amide bonds. The Bertz CT molecular complexity index is 712. The molecule has 23 heavy (non-hydrogen) atoms.